The van der Waals surface area contributed by atoms with Crippen molar-refractivity contribution < 1.29 is 9.13 Å². The van der Waals surface area contributed by atoms with Gasteiger partial charge >= 0.3 is 0 Å². The maximum atomic E-state index is 14.4. The number of halogens is 2. The highest BCUT2D eigenvalue weighted by Gasteiger charge is 2.15. The van der Waals surface area contributed by atoms with Gasteiger partial charge in [-0.15, -0.1) is 0 Å². The molecule has 0 fully saturated rings. The Hall–Kier alpha value is -3.37. The molecule has 1 heterocycles. The highest BCUT2D eigenvalue weighted by molar-refractivity contribution is 6.30. The molecule has 0 radical (unpaired) electrons. The van der Waals surface area contributed by atoms with Gasteiger partial charge in [0.2, 0.25) is 5.95 Å². The van der Waals surface area contributed by atoms with Crippen LogP contribution in [0.3, 0.4) is 0 Å². The van der Waals surface area contributed by atoms with Gasteiger partial charge in [-0.05, 0) is 35.9 Å². The monoisotopic (exact) mass is 369 g/mol. The molecule has 8 heteroatoms. The van der Waals surface area contributed by atoms with Crippen molar-refractivity contribution in [1.29, 1.82) is 5.26 Å². The fourth-order valence-electron chi connectivity index (χ4n) is 2.37. The number of hydrogen-bond acceptors (Lipinski definition) is 6. The lowest BCUT2D eigenvalue weighted by atomic mass is 10.1. The molecule has 3 aromatic rings. The predicted octanol–water partition coefficient (Wildman–Crippen LogP) is 3.55. The number of nitrogens with two attached hydrogens (primary N) is 2. The Balaban J connectivity index is 1.88. The number of ether oxygens (including phenoxy) is 1. The molecule has 4 N–H and O–H groups in total. The fraction of sp³-hybridized carbons (Fsp3) is 0.0556. The molecule has 26 heavy (non-hydrogen) atoms. The van der Waals surface area contributed by atoms with Crippen molar-refractivity contribution in [2.75, 3.05) is 11.5 Å². The van der Waals surface area contributed by atoms with Gasteiger partial charge in [0, 0.05) is 10.6 Å². The summed E-state index contributed by atoms with van der Waals surface area (Å²) in [6, 6.07) is 13.2. The van der Waals surface area contributed by atoms with Crippen molar-refractivity contribution in [2.45, 2.75) is 6.61 Å². The summed E-state index contributed by atoms with van der Waals surface area (Å²) in [4.78, 5) is 7.72. The van der Waals surface area contributed by atoms with Gasteiger partial charge in [-0.25, -0.2) is 9.37 Å². The van der Waals surface area contributed by atoms with Crippen molar-refractivity contribution >= 4 is 23.4 Å². The molecule has 0 unspecified atom stereocenters. The fourth-order valence-corrected chi connectivity index (χ4v) is 2.58. The number of hydrogen-bond donors (Lipinski definition) is 2. The Labute approximate surface area is 153 Å². The first-order valence-corrected chi connectivity index (χ1v) is 7.86. The lowest BCUT2D eigenvalue weighted by Gasteiger charge is -2.10. The van der Waals surface area contributed by atoms with E-state index in [0.29, 0.717) is 10.6 Å². The highest BCUT2D eigenvalue weighted by Crippen LogP contribution is 2.29. The third-order valence-corrected chi connectivity index (χ3v) is 3.79. The number of benzene rings is 2. The average Bonchev–Trinajstić information content (AvgIpc) is 2.60. The molecular weight excluding hydrogens is 357 g/mol. The topological polar surface area (TPSA) is 111 Å². The van der Waals surface area contributed by atoms with E-state index in [4.69, 9.17) is 27.8 Å². The van der Waals surface area contributed by atoms with Crippen LogP contribution in [-0.2, 0) is 6.61 Å². The molecule has 0 aliphatic heterocycles. The molecule has 3 rings (SSSR count). The normalized spacial score (nSPS) is 10.3. The first-order chi connectivity index (χ1) is 12.5. The zero-order chi connectivity index (χ0) is 18.7. The van der Waals surface area contributed by atoms with E-state index >= 15 is 0 Å². The second-order valence-electron chi connectivity index (χ2n) is 5.37. The van der Waals surface area contributed by atoms with Gasteiger partial charge in [0.15, 0.2) is 11.6 Å². The van der Waals surface area contributed by atoms with Gasteiger partial charge < -0.3 is 16.2 Å². The Kier molecular flexibility index (Phi) is 4.87. The van der Waals surface area contributed by atoms with Crippen LogP contribution in [0.4, 0.5) is 16.2 Å². The van der Waals surface area contributed by atoms with Crippen LogP contribution in [0.5, 0.6) is 5.75 Å². The minimum atomic E-state index is -0.607. The molecule has 0 aliphatic rings. The van der Waals surface area contributed by atoms with Crippen molar-refractivity contribution in [3.05, 3.63) is 64.4 Å². The van der Waals surface area contributed by atoms with Gasteiger partial charge in [0.25, 0.3) is 0 Å². The molecule has 2 aromatic carbocycles. The number of aromatic nitrogens is 2. The van der Waals surface area contributed by atoms with Gasteiger partial charge in [0.1, 0.15) is 24.1 Å². The quantitative estimate of drug-likeness (QED) is 0.727. The Morgan fingerprint density at radius 3 is 2.65 bits per heavy atom. The third kappa shape index (κ3) is 3.66. The molecule has 0 saturated carbocycles. The number of rotatable bonds is 4. The first-order valence-electron chi connectivity index (χ1n) is 7.48. The summed E-state index contributed by atoms with van der Waals surface area (Å²) in [5.41, 5.74) is 12.6. The lowest BCUT2D eigenvalue weighted by molar-refractivity contribution is 0.290. The zero-order valence-corrected chi connectivity index (χ0v) is 14.2. The molecule has 0 amide bonds. The highest BCUT2D eigenvalue weighted by atomic mass is 35.5. The smallest absolute Gasteiger partial charge is 0.222 e. The molecular formula is C18H13ClFN5O. The van der Waals surface area contributed by atoms with Crippen molar-refractivity contribution in [3.63, 3.8) is 0 Å². The molecule has 0 saturated heterocycles. The summed E-state index contributed by atoms with van der Waals surface area (Å²) in [6.07, 6.45) is 0. The molecule has 0 bridgehead atoms. The second kappa shape index (κ2) is 7.25. The van der Waals surface area contributed by atoms with Gasteiger partial charge in [0.05, 0.1) is 5.69 Å². The minimum absolute atomic E-state index is 0.0335. The summed E-state index contributed by atoms with van der Waals surface area (Å²) in [5.74, 6) is -0.707. The molecule has 6 nitrogen and oxygen atoms in total. The summed E-state index contributed by atoms with van der Waals surface area (Å²) < 4.78 is 19.9. The average molecular weight is 370 g/mol. The van der Waals surface area contributed by atoms with E-state index in [1.807, 2.05) is 12.1 Å². The van der Waals surface area contributed by atoms with Crippen LogP contribution in [0, 0.1) is 17.1 Å². The SMILES string of the molecule is N#Cc1c(N)nc(N)nc1-c1ccc(OCc2cccc(Cl)c2)c(F)c1. The summed E-state index contributed by atoms with van der Waals surface area (Å²) in [7, 11) is 0. The predicted molar refractivity (Wildman–Crippen MR) is 96.7 cm³/mol. The van der Waals surface area contributed by atoms with Gasteiger partial charge in [-0.3, -0.25) is 0 Å². The van der Waals surface area contributed by atoms with E-state index < -0.39 is 5.82 Å². The Morgan fingerprint density at radius 1 is 1.15 bits per heavy atom. The van der Waals surface area contributed by atoms with Crippen LogP contribution in [-0.4, -0.2) is 9.97 Å². The number of nitrogens with zero attached hydrogens (tertiary/aromatic N) is 3. The maximum absolute atomic E-state index is 14.4. The van der Waals surface area contributed by atoms with E-state index in [1.165, 1.54) is 12.1 Å². The van der Waals surface area contributed by atoms with E-state index in [2.05, 4.69) is 9.97 Å². The van der Waals surface area contributed by atoms with Crippen molar-refractivity contribution in [2.24, 2.45) is 0 Å². The number of nitrogen functional groups attached to an aromatic ring is 2. The summed E-state index contributed by atoms with van der Waals surface area (Å²) in [6.45, 7) is 0.160. The van der Waals surface area contributed by atoms with E-state index in [9.17, 15) is 9.65 Å². The Morgan fingerprint density at radius 2 is 1.96 bits per heavy atom. The van der Waals surface area contributed by atoms with Crippen LogP contribution >= 0.6 is 11.6 Å². The molecule has 0 atom stereocenters. The largest absolute Gasteiger partial charge is 0.486 e. The van der Waals surface area contributed by atoms with Crippen LogP contribution in [0.25, 0.3) is 11.3 Å². The molecule has 0 spiro atoms. The van der Waals surface area contributed by atoms with E-state index in [0.717, 1.165) is 5.56 Å². The van der Waals surface area contributed by atoms with Gasteiger partial charge in [-0.1, -0.05) is 23.7 Å². The first kappa shape index (κ1) is 17.5. The van der Waals surface area contributed by atoms with E-state index in [-0.39, 0.29) is 35.4 Å². The second-order valence-corrected chi connectivity index (χ2v) is 5.80. The van der Waals surface area contributed by atoms with E-state index in [1.54, 1.807) is 24.3 Å². The number of nitriles is 1. The third-order valence-electron chi connectivity index (χ3n) is 3.55. The molecule has 1 aromatic heterocycles. The van der Waals surface area contributed by atoms with Crippen LogP contribution in [0.2, 0.25) is 5.02 Å². The number of anilines is 2. The van der Waals surface area contributed by atoms with Crippen LogP contribution < -0.4 is 16.2 Å². The maximum Gasteiger partial charge on any atom is 0.222 e. The standard InChI is InChI=1S/C18H13ClFN5O/c19-12-3-1-2-10(6-12)9-26-15-5-4-11(7-14(15)20)16-13(8-21)17(22)25-18(23)24-16/h1-7H,9H2,(H4,22,23,24,25). The minimum Gasteiger partial charge on any atom is -0.486 e. The molecule has 0 aliphatic carbocycles. The van der Waals surface area contributed by atoms with Crippen molar-refractivity contribution in [3.8, 4) is 23.1 Å². The summed E-state index contributed by atoms with van der Waals surface area (Å²) >= 11 is 5.91. The van der Waals surface area contributed by atoms with Crippen LogP contribution in [0.1, 0.15) is 11.1 Å². The van der Waals surface area contributed by atoms with Crippen LogP contribution in [0.15, 0.2) is 42.5 Å². The molecule has 130 valence electrons. The zero-order valence-electron chi connectivity index (χ0n) is 13.4. The van der Waals surface area contributed by atoms with Gasteiger partial charge in [-0.2, -0.15) is 10.2 Å². The Bertz CT molecular complexity index is 1020. The van der Waals surface area contributed by atoms with Crippen molar-refractivity contribution in [1.82, 2.24) is 9.97 Å². The summed E-state index contributed by atoms with van der Waals surface area (Å²) in [5, 5.41) is 9.80. The lowest BCUT2D eigenvalue weighted by Crippen LogP contribution is -2.05.